The number of halogens is 1. The van der Waals surface area contributed by atoms with Gasteiger partial charge in [-0.2, -0.15) is 4.31 Å². The van der Waals surface area contributed by atoms with E-state index >= 15 is 0 Å². The maximum atomic E-state index is 13.8. The fourth-order valence-electron chi connectivity index (χ4n) is 4.23. The van der Waals surface area contributed by atoms with Crippen molar-refractivity contribution in [2.24, 2.45) is 0 Å². The van der Waals surface area contributed by atoms with E-state index in [2.05, 4.69) is 5.32 Å². The van der Waals surface area contributed by atoms with Crippen molar-refractivity contribution in [3.63, 3.8) is 0 Å². The van der Waals surface area contributed by atoms with Gasteiger partial charge in [0.1, 0.15) is 0 Å². The van der Waals surface area contributed by atoms with E-state index in [1.54, 1.807) is 50.6 Å². The molecule has 0 aliphatic heterocycles. The van der Waals surface area contributed by atoms with Crippen molar-refractivity contribution in [1.82, 2.24) is 9.62 Å². The number of ether oxygens (including phenoxy) is 2. The summed E-state index contributed by atoms with van der Waals surface area (Å²) in [4.78, 5) is 12.8. The first kappa shape index (κ1) is 29.8. The summed E-state index contributed by atoms with van der Waals surface area (Å²) in [6.45, 7) is 2.61. The molecule has 0 bridgehead atoms. The number of sulfonamides is 1. The van der Waals surface area contributed by atoms with Crippen LogP contribution in [0.5, 0.6) is 0 Å². The minimum absolute atomic E-state index is 0.148. The number of methoxy groups -OCH3 is 2. The zero-order chi connectivity index (χ0) is 27.5. The van der Waals surface area contributed by atoms with Gasteiger partial charge in [0.25, 0.3) is 5.91 Å². The SMILES string of the molecule is CCC(c1ccccc1)N(Cc1ccc(C(=O)NCCCC(OC)OC)cc1)S(=O)(=O)c1ccc(Cl)cc1. The lowest BCUT2D eigenvalue weighted by atomic mass is 10.0. The Kier molecular flexibility index (Phi) is 11.3. The summed E-state index contributed by atoms with van der Waals surface area (Å²) in [6.07, 6.45) is 1.68. The summed E-state index contributed by atoms with van der Waals surface area (Å²) >= 11 is 6.01. The third-order valence-corrected chi connectivity index (χ3v) is 8.44. The van der Waals surface area contributed by atoms with Crippen LogP contribution in [0.25, 0.3) is 0 Å². The van der Waals surface area contributed by atoms with Gasteiger partial charge in [-0.25, -0.2) is 8.42 Å². The summed E-state index contributed by atoms with van der Waals surface area (Å²) in [7, 11) is -0.689. The highest BCUT2D eigenvalue weighted by Crippen LogP contribution is 2.32. The smallest absolute Gasteiger partial charge is 0.251 e. The molecular formula is C29H35ClN2O5S. The van der Waals surface area contributed by atoms with Gasteiger partial charge in [-0.1, -0.05) is 61.0 Å². The van der Waals surface area contributed by atoms with Crippen molar-refractivity contribution in [2.45, 2.75) is 50.0 Å². The third-order valence-electron chi connectivity index (χ3n) is 6.32. The number of rotatable bonds is 14. The number of nitrogens with zero attached hydrogens (tertiary/aromatic N) is 1. The van der Waals surface area contributed by atoms with E-state index in [4.69, 9.17) is 21.1 Å². The lowest BCUT2D eigenvalue weighted by Crippen LogP contribution is -2.34. The topological polar surface area (TPSA) is 84.9 Å². The summed E-state index contributed by atoms with van der Waals surface area (Å²) < 4.78 is 39.5. The fourth-order valence-corrected chi connectivity index (χ4v) is 6.03. The van der Waals surface area contributed by atoms with E-state index in [0.717, 1.165) is 11.1 Å². The molecule has 0 fully saturated rings. The molecule has 0 aliphatic carbocycles. The van der Waals surface area contributed by atoms with Crippen LogP contribution in [0.4, 0.5) is 0 Å². The highest BCUT2D eigenvalue weighted by Gasteiger charge is 2.31. The molecule has 38 heavy (non-hydrogen) atoms. The predicted octanol–water partition coefficient (Wildman–Crippen LogP) is 5.81. The number of amides is 1. The quantitative estimate of drug-likeness (QED) is 0.199. The van der Waals surface area contributed by atoms with E-state index in [0.29, 0.717) is 36.4 Å². The Morgan fingerprint density at radius 3 is 2.16 bits per heavy atom. The van der Waals surface area contributed by atoms with Crippen LogP contribution in [0.3, 0.4) is 0 Å². The van der Waals surface area contributed by atoms with Gasteiger partial charge in [-0.15, -0.1) is 0 Å². The Morgan fingerprint density at radius 1 is 0.947 bits per heavy atom. The first-order chi connectivity index (χ1) is 18.3. The molecule has 3 aromatic carbocycles. The molecule has 3 rings (SSSR count). The summed E-state index contributed by atoms with van der Waals surface area (Å²) in [5, 5.41) is 3.36. The zero-order valence-corrected chi connectivity index (χ0v) is 23.5. The molecule has 0 saturated heterocycles. The molecular weight excluding hydrogens is 524 g/mol. The molecule has 1 N–H and O–H groups in total. The molecule has 1 unspecified atom stereocenters. The average molecular weight is 559 g/mol. The van der Waals surface area contributed by atoms with Crippen molar-refractivity contribution in [3.05, 3.63) is 101 Å². The van der Waals surface area contributed by atoms with Gasteiger partial charge in [-0.3, -0.25) is 4.79 Å². The van der Waals surface area contributed by atoms with Gasteiger partial charge in [0.2, 0.25) is 10.0 Å². The van der Waals surface area contributed by atoms with E-state index in [1.165, 1.54) is 16.4 Å². The van der Waals surface area contributed by atoms with Crippen molar-refractivity contribution in [2.75, 3.05) is 20.8 Å². The average Bonchev–Trinajstić information content (AvgIpc) is 2.94. The Bertz CT molecular complexity index is 1250. The van der Waals surface area contributed by atoms with Gasteiger partial charge < -0.3 is 14.8 Å². The van der Waals surface area contributed by atoms with E-state index in [-0.39, 0.29) is 29.7 Å². The van der Waals surface area contributed by atoms with Crippen LogP contribution in [-0.2, 0) is 26.0 Å². The Hall–Kier alpha value is -2.75. The second-order valence-electron chi connectivity index (χ2n) is 8.83. The van der Waals surface area contributed by atoms with E-state index in [1.807, 2.05) is 37.3 Å². The highest BCUT2D eigenvalue weighted by molar-refractivity contribution is 7.89. The molecule has 0 radical (unpaired) electrons. The fraction of sp³-hybridized carbons (Fsp3) is 0.345. The monoisotopic (exact) mass is 558 g/mol. The number of carbonyl (C=O) groups is 1. The minimum Gasteiger partial charge on any atom is -0.356 e. The van der Waals surface area contributed by atoms with Crippen LogP contribution < -0.4 is 5.32 Å². The van der Waals surface area contributed by atoms with Crippen LogP contribution in [0.1, 0.15) is 53.7 Å². The van der Waals surface area contributed by atoms with Gasteiger partial charge in [-0.05, 0) is 60.4 Å². The molecule has 0 aromatic heterocycles. The normalized spacial score (nSPS) is 12.6. The van der Waals surface area contributed by atoms with Gasteiger partial charge >= 0.3 is 0 Å². The number of benzene rings is 3. The van der Waals surface area contributed by atoms with E-state index in [9.17, 15) is 13.2 Å². The zero-order valence-electron chi connectivity index (χ0n) is 22.0. The number of carbonyl (C=O) groups excluding carboxylic acids is 1. The van der Waals surface area contributed by atoms with Crippen molar-refractivity contribution in [3.8, 4) is 0 Å². The molecule has 3 aromatic rings. The van der Waals surface area contributed by atoms with Crippen LogP contribution in [0.15, 0.2) is 83.8 Å². The largest absolute Gasteiger partial charge is 0.356 e. The molecule has 7 nitrogen and oxygen atoms in total. The van der Waals surface area contributed by atoms with Gasteiger partial charge in [0, 0.05) is 44.3 Å². The van der Waals surface area contributed by atoms with Crippen LogP contribution in [-0.4, -0.2) is 45.7 Å². The molecule has 0 heterocycles. The molecule has 0 spiro atoms. The van der Waals surface area contributed by atoms with Crippen molar-refractivity contribution in [1.29, 1.82) is 0 Å². The molecule has 0 aliphatic rings. The van der Waals surface area contributed by atoms with Crippen molar-refractivity contribution >= 4 is 27.5 Å². The first-order valence-corrected chi connectivity index (χ1v) is 14.4. The molecule has 9 heteroatoms. The number of hydrogen-bond acceptors (Lipinski definition) is 5. The first-order valence-electron chi connectivity index (χ1n) is 12.5. The lowest BCUT2D eigenvalue weighted by Gasteiger charge is -2.31. The molecule has 1 atom stereocenters. The summed E-state index contributed by atoms with van der Waals surface area (Å²) in [5.74, 6) is -0.190. The summed E-state index contributed by atoms with van der Waals surface area (Å²) in [5.41, 5.74) is 2.19. The molecule has 204 valence electrons. The van der Waals surface area contributed by atoms with Gasteiger partial charge in [0.15, 0.2) is 6.29 Å². The van der Waals surface area contributed by atoms with Crippen LogP contribution >= 0.6 is 11.6 Å². The Labute approximate surface area is 230 Å². The number of hydrogen-bond donors (Lipinski definition) is 1. The predicted molar refractivity (Wildman–Crippen MR) is 149 cm³/mol. The maximum Gasteiger partial charge on any atom is 0.251 e. The molecule has 1 amide bonds. The second kappa shape index (κ2) is 14.4. The number of nitrogens with one attached hydrogen (secondary N) is 1. The highest BCUT2D eigenvalue weighted by atomic mass is 35.5. The maximum absolute atomic E-state index is 13.8. The summed E-state index contributed by atoms with van der Waals surface area (Å²) in [6, 6.07) is 22.5. The Balaban J connectivity index is 1.79. The van der Waals surface area contributed by atoms with E-state index < -0.39 is 10.0 Å². The third kappa shape index (κ3) is 7.88. The van der Waals surface area contributed by atoms with Crippen LogP contribution in [0.2, 0.25) is 5.02 Å². The van der Waals surface area contributed by atoms with Gasteiger partial charge in [0.05, 0.1) is 10.9 Å². The minimum atomic E-state index is -3.85. The molecule has 0 saturated carbocycles. The standard InChI is InChI=1S/C29H35ClN2O5S/c1-4-27(23-9-6-5-7-10-23)32(38(34,35)26-18-16-25(30)17-19-26)21-22-12-14-24(15-13-22)29(33)31-20-8-11-28(36-2)37-3/h5-7,9-10,12-19,27-28H,4,8,11,20-21H2,1-3H3,(H,31,33). The van der Waals surface area contributed by atoms with Crippen molar-refractivity contribution < 1.29 is 22.7 Å². The lowest BCUT2D eigenvalue weighted by molar-refractivity contribution is -0.106. The Morgan fingerprint density at radius 2 is 1.58 bits per heavy atom. The second-order valence-corrected chi connectivity index (χ2v) is 11.2. The van der Waals surface area contributed by atoms with Crippen LogP contribution in [0, 0.1) is 0 Å².